The molecule has 12 heavy (non-hydrogen) atoms. The molecular formula is C7H13N3S2. The number of nitrogens with one attached hydrogen (secondary N) is 1. The van der Waals surface area contributed by atoms with Crippen LogP contribution in [0.25, 0.3) is 0 Å². The molecule has 0 saturated heterocycles. The number of unbranched alkanes of at least 4 members (excludes halogenated alkanes) is 1. The van der Waals surface area contributed by atoms with Crippen molar-refractivity contribution in [2.45, 2.75) is 17.2 Å². The Labute approximate surface area is 81.0 Å². The van der Waals surface area contributed by atoms with Gasteiger partial charge in [0.1, 0.15) is 5.51 Å². The predicted octanol–water partition coefficient (Wildman–Crippen LogP) is 1.63. The fourth-order valence-corrected chi connectivity index (χ4v) is 2.35. The van der Waals surface area contributed by atoms with E-state index < -0.39 is 0 Å². The minimum absolute atomic E-state index is 1.08. The first-order valence-electron chi connectivity index (χ1n) is 3.97. The van der Waals surface area contributed by atoms with Crippen LogP contribution in [0.1, 0.15) is 12.8 Å². The maximum Gasteiger partial charge on any atom is 0.174 e. The van der Waals surface area contributed by atoms with Gasteiger partial charge in [-0.1, -0.05) is 23.1 Å². The van der Waals surface area contributed by atoms with E-state index in [1.54, 1.807) is 28.6 Å². The van der Waals surface area contributed by atoms with Crippen molar-refractivity contribution < 1.29 is 0 Å². The van der Waals surface area contributed by atoms with Crippen molar-refractivity contribution >= 4 is 23.1 Å². The molecule has 0 amide bonds. The van der Waals surface area contributed by atoms with Gasteiger partial charge in [0.15, 0.2) is 4.34 Å². The topological polar surface area (TPSA) is 37.8 Å². The van der Waals surface area contributed by atoms with Crippen LogP contribution in [-0.4, -0.2) is 29.5 Å². The summed E-state index contributed by atoms with van der Waals surface area (Å²) < 4.78 is 1.08. The summed E-state index contributed by atoms with van der Waals surface area (Å²) in [5.41, 5.74) is 1.77. The van der Waals surface area contributed by atoms with Crippen LogP contribution < -0.4 is 5.32 Å². The van der Waals surface area contributed by atoms with Gasteiger partial charge in [0.2, 0.25) is 0 Å². The van der Waals surface area contributed by atoms with Gasteiger partial charge in [0.05, 0.1) is 0 Å². The number of hydrogen-bond donors (Lipinski definition) is 1. The maximum atomic E-state index is 3.95. The summed E-state index contributed by atoms with van der Waals surface area (Å²) in [4.78, 5) is 0. The van der Waals surface area contributed by atoms with Crippen LogP contribution >= 0.6 is 23.1 Å². The van der Waals surface area contributed by atoms with E-state index in [9.17, 15) is 0 Å². The Morgan fingerprint density at radius 1 is 1.58 bits per heavy atom. The van der Waals surface area contributed by atoms with Crippen molar-refractivity contribution in [1.29, 1.82) is 0 Å². The van der Waals surface area contributed by atoms with E-state index in [0.29, 0.717) is 0 Å². The molecule has 3 nitrogen and oxygen atoms in total. The smallest absolute Gasteiger partial charge is 0.174 e. The number of hydrogen-bond acceptors (Lipinski definition) is 5. The van der Waals surface area contributed by atoms with Crippen LogP contribution in [0.3, 0.4) is 0 Å². The second-order valence-corrected chi connectivity index (χ2v) is 4.54. The van der Waals surface area contributed by atoms with Crippen LogP contribution in [0.5, 0.6) is 0 Å². The summed E-state index contributed by atoms with van der Waals surface area (Å²) >= 11 is 3.41. The normalized spacial score (nSPS) is 10.4. The van der Waals surface area contributed by atoms with E-state index in [4.69, 9.17) is 0 Å². The highest BCUT2D eigenvalue weighted by Crippen LogP contribution is 2.19. The Balaban J connectivity index is 1.96. The quantitative estimate of drug-likeness (QED) is 0.563. The summed E-state index contributed by atoms with van der Waals surface area (Å²) in [5, 5.41) is 10.8. The molecule has 0 bridgehead atoms. The molecule has 1 N–H and O–H groups in total. The lowest BCUT2D eigenvalue weighted by molar-refractivity contribution is 0.715. The summed E-state index contributed by atoms with van der Waals surface area (Å²) in [5.74, 6) is 1.15. The van der Waals surface area contributed by atoms with Crippen molar-refractivity contribution in [2.24, 2.45) is 0 Å². The van der Waals surface area contributed by atoms with Gasteiger partial charge < -0.3 is 5.32 Å². The third-order valence-corrected chi connectivity index (χ3v) is 3.33. The Hall–Kier alpha value is -0.130. The summed E-state index contributed by atoms with van der Waals surface area (Å²) in [6.45, 7) is 1.11. The standard InChI is InChI=1S/C7H13N3S2/c1-8-4-2-3-5-11-7-10-9-6-12-7/h6,8H,2-5H2,1H3. The third-order valence-electron chi connectivity index (χ3n) is 1.39. The molecule has 0 saturated carbocycles. The Kier molecular flexibility index (Phi) is 5.30. The van der Waals surface area contributed by atoms with Crippen molar-refractivity contribution in [2.75, 3.05) is 19.3 Å². The molecule has 0 radical (unpaired) electrons. The fourth-order valence-electron chi connectivity index (χ4n) is 0.789. The lowest BCUT2D eigenvalue weighted by Crippen LogP contribution is -2.07. The van der Waals surface area contributed by atoms with E-state index in [0.717, 1.165) is 16.6 Å². The summed E-state index contributed by atoms with van der Waals surface area (Å²) in [6.07, 6.45) is 2.48. The molecule has 1 heterocycles. The largest absolute Gasteiger partial charge is 0.320 e. The molecule has 0 aromatic carbocycles. The molecule has 0 fully saturated rings. The van der Waals surface area contributed by atoms with Gasteiger partial charge >= 0.3 is 0 Å². The van der Waals surface area contributed by atoms with E-state index in [1.165, 1.54) is 12.8 Å². The molecule has 68 valence electrons. The van der Waals surface area contributed by atoms with Crippen molar-refractivity contribution in [3.8, 4) is 0 Å². The fraction of sp³-hybridized carbons (Fsp3) is 0.714. The SMILES string of the molecule is CNCCCCSc1nncs1. The van der Waals surface area contributed by atoms with Crippen LogP contribution in [0.4, 0.5) is 0 Å². The van der Waals surface area contributed by atoms with E-state index in [1.807, 2.05) is 7.05 Å². The number of rotatable bonds is 6. The maximum absolute atomic E-state index is 3.95. The van der Waals surface area contributed by atoms with Crippen molar-refractivity contribution in [3.63, 3.8) is 0 Å². The molecule has 0 spiro atoms. The first-order chi connectivity index (χ1) is 5.93. The van der Waals surface area contributed by atoms with Gasteiger partial charge in [0.25, 0.3) is 0 Å². The van der Waals surface area contributed by atoms with Crippen LogP contribution in [0.15, 0.2) is 9.85 Å². The molecule has 0 aliphatic heterocycles. The van der Waals surface area contributed by atoms with Gasteiger partial charge in [-0.2, -0.15) is 0 Å². The van der Waals surface area contributed by atoms with Crippen LogP contribution in [-0.2, 0) is 0 Å². The molecule has 0 aliphatic carbocycles. The minimum Gasteiger partial charge on any atom is -0.320 e. The lowest BCUT2D eigenvalue weighted by atomic mass is 10.3. The summed E-state index contributed by atoms with van der Waals surface area (Å²) in [7, 11) is 1.98. The Bertz CT molecular complexity index is 189. The molecule has 0 aliphatic rings. The van der Waals surface area contributed by atoms with E-state index in [-0.39, 0.29) is 0 Å². The minimum atomic E-state index is 1.08. The zero-order valence-electron chi connectivity index (χ0n) is 7.12. The second kappa shape index (κ2) is 6.39. The van der Waals surface area contributed by atoms with Crippen LogP contribution in [0, 0.1) is 0 Å². The molecule has 1 aromatic heterocycles. The average molecular weight is 203 g/mol. The molecule has 0 unspecified atom stereocenters. The molecule has 0 atom stereocenters. The zero-order chi connectivity index (χ0) is 8.65. The first kappa shape index (κ1) is 9.95. The predicted molar refractivity (Wildman–Crippen MR) is 53.8 cm³/mol. The number of aromatic nitrogens is 2. The third kappa shape index (κ3) is 4.04. The van der Waals surface area contributed by atoms with E-state index in [2.05, 4.69) is 15.5 Å². The Morgan fingerprint density at radius 3 is 3.17 bits per heavy atom. The van der Waals surface area contributed by atoms with Gasteiger partial charge in [-0.3, -0.25) is 0 Å². The van der Waals surface area contributed by atoms with Gasteiger partial charge in [0, 0.05) is 5.75 Å². The monoisotopic (exact) mass is 203 g/mol. The second-order valence-electron chi connectivity index (χ2n) is 2.36. The number of thioether (sulfide) groups is 1. The Morgan fingerprint density at radius 2 is 2.50 bits per heavy atom. The molecule has 1 rings (SSSR count). The van der Waals surface area contributed by atoms with Crippen molar-refractivity contribution in [3.05, 3.63) is 5.51 Å². The first-order valence-corrected chi connectivity index (χ1v) is 5.83. The number of nitrogens with zero attached hydrogens (tertiary/aromatic N) is 2. The van der Waals surface area contributed by atoms with Gasteiger partial charge in [-0.05, 0) is 26.4 Å². The highest BCUT2D eigenvalue weighted by molar-refractivity contribution is 8.00. The molecule has 1 aromatic rings. The van der Waals surface area contributed by atoms with Gasteiger partial charge in [-0.25, -0.2) is 0 Å². The molecular weight excluding hydrogens is 190 g/mol. The van der Waals surface area contributed by atoms with E-state index >= 15 is 0 Å². The highest BCUT2D eigenvalue weighted by atomic mass is 32.2. The van der Waals surface area contributed by atoms with Crippen LogP contribution in [0.2, 0.25) is 0 Å². The lowest BCUT2D eigenvalue weighted by Gasteiger charge is -1.97. The average Bonchev–Trinajstić information content (AvgIpc) is 2.57. The van der Waals surface area contributed by atoms with Gasteiger partial charge in [-0.15, -0.1) is 10.2 Å². The van der Waals surface area contributed by atoms with Crippen molar-refractivity contribution in [1.82, 2.24) is 15.5 Å². The zero-order valence-corrected chi connectivity index (χ0v) is 8.75. The summed E-state index contributed by atoms with van der Waals surface area (Å²) in [6, 6.07) is 0. The molecule has 5 heteroatoms. The highest BCUT2D eigenvalue weighted by Gasteiger charge is 1.96.